The summed E-state index contributed by atoms with van der Waals surface area (Å²) in [4.78, 5) is 14.4. The zero-order chi connectivity index (χ0) is 15.2. The number of piperazine rings is 1. The molecule has 116 valence electrons. The lowest BCUT2D eigenvalue weighted by molar-refractivity contribution is 0.230. The number of aromatic nitrogens is 2. The standard InChI is InChI=1S/C16H25ClN4/c1-11-13(17)18-15(16(2,3)4)19-14(11)21-9-8-20-7-5-6-12(20)10-21/h12H,5-10H2,1-4H3. The van der Waals surface area contributed by atoms with E-state index < -0.39 is 0 Å². The van der Waals surface area contributed by atoms with Gasteiger partial charge in [-0.05, 0) is 26.3 Å². The van der Waals surface area contributed by atoms with Crippen molar-refractivity contribution in [2.45, 2.75) is 52.0 Å². The molecule has 0 bridgehead atoms. The first kappa shape index (κ1) is 15.0. The van der Waals surface area contributed by atoms with Crippen molar-refractivity contribution in [2.75, 3.05) is 31.1 Å². The van der Waals surface area contributed by atoms with E-state index in [9.17, 15) is 0 Å². The van der Waals surface area contributed by atoms with Crippen molar-refractivity contribution in [3.05, 3.63) is 16.5 Å². The maximum Gasteiger partial charge on any atom is 0.137 e. The van der Waals surface area contributed by atoms with Gasteiger partial charge < -0.3 is 4.90 Å². The minimum absolute atomic E-state index is 0.0821. The fraction of sp³-hybridized carbons (Fsp3) is 0.750. The van der Waals surface area contributed by atoms with Crippen LogP contribution in [0, 0.1) is 6.92 Å². The van der Waals surface area contributed by atoms with Crippen molar-refractivity contribution < 1.29 is 0 Å². The summed E-state index contributed by atoms with van der Waals surface area (Å²) in [5.41, 5.74) is 0.928. The van der Waals surface area contributed by atoms with Crippen LogP contribution in [0.5, 0.6) is 0 Å². The van der Waals surface area contributed by atoms with Gasteiger partial charge in [0.05, 0.1) is 0 Å². The number of hydrogen-bond acceptors (Lipinski definition) is 4. The summed E-state index contributed by atoms with van der Waals surface area (Å²) in [6.45, 7) is 12.9. The molecule has 3 rings (SSSR count). The van der Waals surface area contributed by atoms with E-state index >= 15 is 0 Å². The minimum Gasteiger partial charge on any atom is -0.353 e. The first-order valence-corrected chi connectivity index (χ1v) is 8.27. The molecule has 0 N–H and O–H groups in total. The van der Waals surface area contributed by atoms with Crippen molar-refractivity contribution in [3.8, 4) is 0 Å². The van der Waals surface area contributed by atoms with Crippen LogP contribution in [0.25, 0.3) is 0 Å². The molecule has 0 aromatic carbocycles. The molecule has 4 nitrogen and oxygen atoms in total. The second-order valence-electron chi connectivity index (χ2n) is 7.31. The quantitative estimate of drug-likeness (QED) is 0.747. The Balaban J connectivity index is 1.92. The third-order valence-corrected chi connectivity index (χ3v) is 4.99. The van der Waals surface area contributed by atoms with E-state index in [1.54, 1.807) is 0 Å². The Morgan fingerprint density at radius 3 is 2.62 bits per heavy atom. The normalized spacial score (nSPS) is 23.5. The lowest BCUT2D eigenvalue weighted by atomic mass is 9.95. The molecule has 0 saturated carbocycles. The average molecular weight is 309 g/mol. The van der Waals surface area contributed by atoms with Gasteiger partial charge in [0.15, 0.2) is 0 Å². The molecule has 0 amide bonds. The highest BCUT2D eigenvalue weighted by Gasteiger charge is 2.32. The van der Waals surface area contributed by atoms with Crippen molar-refractivity contribution in [2.24, 2.45) is 0 Å². The van der Waals surface area contributed by atoms with Crippen LogP contribution in [-0.2, 0) is 5.41 Å². The highest BCUT2D eigenvalue weighted by atomic mass is 35.5. The Kier molecular flexibility index (Phi) is 3.87. The van der Waals surface area contributed by atoms with Crippen molar-refractivity contribution >= 4 is 17.4 Å². The molecule has 21 heavy (non-hydrogen) atoms. The lowest BCUT2D eigenvalue weighted by Gasteiger charge is -2.39. The number of hydrogen-bond donors (Lipinski definition) is 0. The van der Waals surface area contributed by atoms with Gasteiger partial charge in [-0.2, -0.15) is 0 Å². The third-order valence-electron chi connectivity index (χ3n) is 4.62. The molecular formula is C16H25ClN4. The van der Waals surface area contributed by atoms with E-state index in [0.717, 1.165) is 36.8 Å². The van der Waals surface area contributed by atoms with Gasteiger partial charge in [0.25, 0.3) is 0 Å². The number of halogens is 1. The predicted molar refractivity (Wildman–Crippen MR) is 87.3 cm³/mol. The van der Waals surface area contributed by atoms with Crippen molar-refractivity contribution in [1.82, 2.24) is 14.9 Å². The minimum atomic E-state index is -0.0821. The molecule has 3 heterocycles. The molecule has 1 aromatic heterocycles. The first-order chi connectivity index (χ1) is 9.86. The Labute approximate surface area is 132 Å². The summed E-state index contributed by atoms with van der Waals surface area (Å²) in [7, 11) is 0. The van der Waals surface area contributed by atoms with Crippen LogP contribution in [0.15, 0.2) is 0 Å². The number of rotatable bonds is 1. The molecule has 2 aliphatic rings. The second kappa shape index (κ2) is 5.40. The number of anilines is 1. The van der Waals surface area contributed by atoms with E-state index in [2.05, 4.69) is 35.6 Å². The second-order valence-corrected chi connectivity index (χ2v) is 7.67. The van der Waals surface area contributed by atoms with E-state index in [4.69, 9.17) is 16.6 Å². The van der Waals surface area contributed by atoms with Crippen LogP contribution in [0.1, 0.15) is 45.0 Å². The molecule has 0 aliphatic carbocycles. The fourth-order valence-electron chi connectivity index (χ4n) is 3.31. The summed E-state index contributed by atoms with van der Waals surface area (Å²) < 4.78 is 0. The molecule has 1 atom stereocenters. The summed E-state index contributed by atoms with van der Waals surface area (Å²) in [6.07, 6.45) is 2.63. The van der Waals surface area contributed by atoms with Crippen LogP contribution in [-0.4, -0.2) is 47.1 Å². The van der Waals surface area contributed by atoms with E-state index in [-0.39, 0.29) is 5.41 Å². The highest BCUT2D eigenvalue weighted by Crippen LogP contribution is 2.31. The molecule has 2 aliphatic heterocycles. The topological polar surface area (TPSA) is 32.3 Å². The molecule has 1 aromatic rings. The monoisotopic (exact) mass is 308 g/mol. The van der Waals surface area contributed by atoms with Crippen molar-refractivity contribution in [3.63, 3.8) is 0 Å². The Bertz CT molecular complexity index is 538. The summed E-state index contributed by atoms with van der Waals surface area (Å²) >= 11 is 6.37. The Hall–Kier alpha value is -0.870. The van der Waals surface area contributed by atoms with Crippen LogP contribution in [0.2, 0.25) is 5.15 Å². The van der Waals surface area contributed by atoms with Gasteiger partial charge in [-0.15, -0.1) is 0 Å². The van der Waals surface area contributed by atoms with Crippen LogP contribution in [0.3, 0.4) is 0 Å². The molecule has 2 fully saturated rings. The zero-order valence-corrected chi connectivity index (χ0v) is 14.2. The predicted octanol–water partition coefficient (Wildman–Crippen LogP) is 3.02. The fourth-order valence-corrected chi connectivity index (χ4v) is 3.47. The van der Waals surface area contributed by atoms with Gasteiger partial charge in [0.2, 0.25) is 0 Å². The van der Waals surface area contributed by atoms with Gasteiger partial charge in [-0.3, -0.25) is 4.90 Å². The van der Waals surface area contributed by atoms with Crippen LogP contribution < -0.4 is 4.90 Å². The van der Waals surface area contributed by atoms with Crippen molar-refractivity contribution in [1.29, 1.82) is 0 Å². The van der Waals surface area contributed by atoms with E-state index in [1.807, 2.05) is 6.92 Å². The first-order valence-electron chi connectivity index (χ1n) is 7.90. The van der Waals surface area contributed by atoms with Gasteiger partial charge in [0, 0.05) is 36.7 Å². The van der Waals surface area contributed by atoms with Gasteiger partial charge >= 0.3 is 0 Å². The zero-order valence-electron chi connectivity index (χ0n) is 13.5. The van der Waals surface area contributed by atoms with E-state index in [1.165, 1.54) is 19.4 Å². The average Bonchev–Trinajstić information content (AvgIpc) is 2.87. The van der Waals surface area contributed by atoms with Gasteiger partial charge in [-0.25, -0.2) is 9.97 Å². The lowest BCUT2D eigenvalue weighted by Crippen LogP contribution is -2.50. The summed E-state index contributed by atoms with van der Waals surface area (Å²) in [6, 6.07) is 0.685. The van der Waals surface area contributed by atoms with Gasteiger partial charge in [0.1, 0.15) is 16.8 Å². The number of nitrogens with zero attached hydrogens (tertiary/aromatic N) is 4. The molecule has 0 spiro atoms. The van der Waals surface area contributed by atoms with Gasteiger partial charge in [-0.1, -0.05) is 32.4 Å². The summed E-state index contributed by atoms with van der Waals surface area (Å²) in [5, 5.41) is 0.596. The molecule has 1 unspecified atom stereocenters. The maximum absolute atomic E-state index is 6.37. The largest absolute Gasteiger partial charge is 0.353 e. The van der Waals surface area contributed by atoms with Crippen LogP contribution >= 0.6 is 11.6 Å². The number of fused-ring (bicyclic) bond motifs is 1. The SMILES string of the molecule is Cc1c(Cl)nc(C(C)(C)C)nc1N1CCN2CCCC2C1. The Morgan fingerprint density at radius 2 is 1.90 bits per heavy atom. The third kappa shape index (κ3) is 2.88. The molecule has 5 heteroatoms. The molecular weight excluding hydrogens is 284 g/mol. The maximum atomic E-state index is 6.37. The summed E-state index contributed by atoms with van der Waals surface area (Å²) in [5.74, 6) is 1.87. The smallest absolute Gasteiger partial charge is 0.137 e. The molecule has 0 radical (unpaired) electrons. The van der Waals surface area contributed by atoms with Crippen LogP contribution in [0.4, 0.5) is 5.82 Å². The Morgan fingerprint density at radius 1 is 1.14 bits per heavy atom. The molecule has 2 saturated heterocycles. The van der Waals surface area contributed by atoms with E-state index in [0.29, 0.717) is 11.2 Å². The highest BCUT2D eigenvalue weighted by molar-refractivity contribution is 6.30.